The molecule has 0 fully saturated rings. The monoisotopic (exact) mass is 404 g/mol. The Morgan fingerprint density at radius 1 is 1.33 bits per heavy atom. The highest BCUT2D eigenvalue weighted by atomic mass is 32.2. The van der Waals surface area contributed by atoms with Crippen molar-refractivity contribution in [1.29, 1.82) is 0 Å². The number of methoxy groups -OCH3 is 1. The van der Waals surface area contributed by atoms with Crippen molar-refractivity contribution in [2.45, 2.75) is 37.6 Å². The largest absolute Gasteiger partial charge is 0.388 e. The summed E-state index contributed by atoms with van der Waals surface area (Å²) in [5.74, 6) is 0.443. The molecular weight excluding hydrogens is 380 g/mol. The van der Waals surface area contributed by atoms with E-state index in [4.69, 9.17) is 9.72 Å². The van der Waals surface area contributed by atoms with Gasteiger partial charge in [0.25, 0.3) is 5.56 Å². The minimum absolute atomic E-state index is 0.0104. The summed E-state index contributed by atoms with van der Waals surface area (Å²) in [7, 11) is 1.66. The summed E-state index contributed by atoms with van der Waals surface area (Å²) >= 11 is 2.99. The van der Waals surface area contributed by atoms with Crippen LogP contribution in [0.15, 0.2) is 46.3 Å². The molecule has 0 unspecified atom stereocenters. The first kappa shape index (κ1) is 20.1. The van der Waals surface area contributed by atoms with Crippen molar-refractivity contribution in [3.05, 3.63) is 57.2 Å². The summed E-state index contributed by atoms with van der Waals surface area (Å²) in [5, 5.41) is 11.8. The number of hydrogen-bond acceptors (Lipinski definition) is 6. The lowest BCUT2D eigenvalue weighted by Gasteiger charge is -2.14. The van der Waals surface area contributed by atoms with Crippen LogP contribution in [0.3, 0.4) is 0 Å². The number of hydrogen-bond donors (Lipinski definition) is 1. The second-order valence-corrected chi connectivity index (χ2v) is 8.32. The van der Waals surface area contributed by atoms with E-state index in [1.54, 1.807) is 23.0 Å². The summed E-state index contributed by atoms with van der Waals surface area (Å²) in [5.41, 5.74) is 0.854. The third-order valence-corrected chi connectivity index (χ3v) is 6.53. The molecule has 1 atom stereocenters. The maximum Gasteiger partial charge on any atom is 0.262 e. The smallest absolute Gasteiger partial charge is 0.262 e. The van der Waals surface area contributed by atoms with Gasteiger partial charge in [-0.3, -0.25) is 9.36 Å². The fourth-order valence-electron chi connectivity index (χ4n) is 2.82. The van der Waals surface area contributed by atoms with Gasteiger partial charge in [-0.25, -0.2) is 4.98 Å². The summed E-state index contributed by atoms with van der Waals surface area (Å²) in [4.78, 5) is 19.7. The van der Waals surface area contributed by atoms with E-state index in [2.05, 4.69) is 6.92 Å². The van der Waals surface area contributed by atoms with Gasteiger partial charge in [0.2, 0.25) is 0 Å². The van der Waals surface area contributed by atoms with Crippen LogP contribution in [0.5, 0.6) is 0 Å². The van der Waals surface area contributed by atoms with Gasteiger partial charge in [0.15, 0.2) is 5.16 Å². The standard InChI is InChI=1S/C20H24N2O3S2/c1-3-15-12-16-18(27-15)21-20(22(19(16)24)10-7-11-25-2)26-13-17(23)14-8-5-4-6-9-14/h4-6,8-9,12,17,23H,3,7,10-11,13H2,1-2H3/t17-/m1/s1. The first-order chi connectivity index (χ1) is 13.1. The second kappa shape index (κ2) is 9.50. The average molecular weight is 405 g/mol. The van der Waals surface area contributed by atoms with Gasteiger partial charge in [-0.2, -0.15) is 0 Å². The van der Waals surface area contributed by atoms with E-state index in [9.17, 15) is 9.90 Å². The number of ether oxygens (including phenoxy) is 1. The Bertz CT molecular complexity index is 938. The van der Waals surface area contributed by atoms with E-state index in [0.29, 0.717) is 29.4 Å². The number of aryl methyl sites for hydroxylation is 1. The third kappa shape index (κ3) is 4.79. The van der Waals surface area contributed by atoms with Gasteiger partial charge in [-0.1, -0.05) is 49.0 Å². The Morgan fingerprint density at radius 3 is 2.81 bits per heavy atom. The van der Waals surface area contributed by atoms with Gasteiger partial charge >= 0.3 is 0 Å². The van der Waals surface area contributed by atoms with Gasteiger partial charge in [0, 0.05) is 30.9 Å². The molecule has 0 aliphatic carbocycles. The van der Waals surface area contributed by atoms with E-state index in [1.807, 2.05) is 36.4 Å². The van der Waals surface area contributed by atoms with Crippen molar-refractivity contribution >= 4 is 33.3 Å². The number of fused-ring (bicyclic) bond motifs is 1. The molecule has 144 valence electrons. The molecule has 3 rings (SSSR count). The van der Waals surface area contributed by atoms with Crippen molar-refractivity contribution in [3.8, 4) is 0 Å². The Kier molecular flexibility index (Phi) is 7.07. The number of aromatic nitrogens is 2. The molecule has 2 heterocycles. The second-order valence-electron chi connectivity index (χ2n) is 6.22. The van der Waals surface area contributed by atoms with Crippen LogP contribution in [0, 0.1) is 0 Å². The van der Waals surface area contributed by atoms with Gasteiger partial charge in [0.1, 0.15) is 4.83 Å². The van der Waals surface area contributed by atoms with Crippen LogP contribution in [0.25, 0.3) is 10.2 Å². The molecule has 0 saturated heterocycles. The van der Waals surface area contributed by atoms with Crippen LogP contribution in [0.1, 0.15) is 29.9 Å². The Morgan fingerprint density at radius 2 is 2.11 bits per heavy atom. The van der Waals surface area contributed by atoms with Crippen LogP contribution in [0.4, 0.5) is 0 Å². The minimum atomic E-state index is -0.606. The predicted octanol–water partition coefficient (Wildman–Crippen LogP) is 3.88. The molecule has 2 aromatic heterocycles. The van der Waals surface area contributed by atoms with E-state index in [-0.39, 0.29) is 5.56 Å². The van der Waals surface area contributed by atoms with E-state index < -0.39 is 6.10 Å². The average Bonchev–Trinajstić information content (AvgIpc) is 3.12. The number of benzene rings is 1. The quantitative estimate of drug-likeness (QED) is 0.333. The van der Waals surface area contributed by atoms with Gasteiger partial charge < -0.3 is 9.84 Å². The molecule has 0 amide bonds. The zero-order chi connectivity index (χ0) is 19.2. The lowest BCUT2D eigenvalue weighted by Crippen LogP contribution is -2.23. The molecule has 0 saturated carbocycles. The first-order valence-electron chi connectivity index (χ1n) is 9.02. The fraction of sp³-hybridized carbons (Fsp3) is 0.400. The van der Waals surface area contributed by atoms with Gasteiger partial charge in [-0.15, -0.1) is 11.3 Å². The summed E-state index contributed by atoms with van der Waals surface area (Å²) in [6, 6.07) is 11.5. The van der Waals surface area contributed by atoms with Crippen molar-refractivity contribution < 1.29 is 9.84 Å². The number of thiophene rings is 1. The van der Waals surface area contributed by atoms with Gasteiger partial charge in [0.05, 0.1) is 11.5 Å². The molecule has 1 aromatic carbocycles. The van der Waals surface area contributed by atoms with Crippen LogP contribution >= 0.6 is 23.1 Å². The van der Waals surface area contributed by atoms with Crippen LogP contribution in [0.2, 0.25) is 0 Å². The van der Waals surface area contributed by atoms with Gasteiger partial charge in [-0.05, 0) is 24.5 Å². The predicted molar refractivity (Wildman–Crippen MR) is 112 cm³/mol. The SMILES string of the molecule is CCc1cc2c(=O)n(CCCOC)c(SC[C@@H](O)c3ccccc3)nc2s1. The molecule has 0 aliphatic rings. The van der Waals surface area contributed by atoms with E-state index in [1.165, 1.54) is 11.8 Å². The molecule has 27 heavy (non-hydrogen) atoms. The highest BCUT2D eigenvalue weighted by molar-refractivity contribution is 7.99. The molecule has 3 aromatic rings. The number of aliphatic hydroxyl groups is 1. The van der Waals surface area contributed by atoms with Crippen molar-refractivity contribution in [2.24, 2.45) is 0 Å². The lowest BCUT2D eigenvalue weighted by atomic mass is 10.1. The zero-order valence-electron chi connectivity index (χ0n) is 15.6. The summed E-state index contributed by atoms with van der Waals surface area (Å²) in [6.07, 6.45) is 1.02. The molecular formula is C20H24N2O3S2. The maximum atomic E-state index is 13.0. The Labute approximate surface area is 167 Å². The number of rotatable bonds is 9. The van der Waals surface area contributed by atoms with Crippen LogP contribution in [-0.2, 0) is 17.7 Å². The third-order valence-electron chi connectivity index (χ3n) is 4.30. The molecule has 7 heteroatoms. The van der Waals surface area contributed by atoms with E-state index >= 15 is 0 Å². The summed E-state index contributed by atoms with van der Waals surface area (Å²) in [6.45, 7) is 3.22. The summed E-state index contributed by atoms with van der Waals surface area (Å²) < 4.78 is 6.85. The number of nitrogens with zero attached hydrogens (tertiary/aromatic N) is 2. The van der Waals surface area contributed by atoms with Crippen molar-refractivity contribution in [1.82, 2.24) is 9.55 Å². The van der Waals surface area contributed by atoms with Crippen molar-refractivity contribution in [3.63, 3.8) is 0 Å². The van der Waals surface area contributed by atoms with Crippen LogP contribution < -0.4 is 5.56 Å². The topological polar surface area (TPSA) is 64.3 Å². The molecule has 0 aliphatic heterocycles. The highest BCUT2D eigenvalue weighted by Gasteiger charge is 2.16. The van der Waals surface area contributed by atoms with Crippen molar-refractivity contribution in [2.75, 3.05) is 19.5 Å². The maximum absolute atomic E-state index is 13.0. The molecule has 0 bridgehead atoms. The zero-order valence-corrected chi connectivity index (χ0v) is 17.2. The molecule has 5 nitrogen and oxygen atoms in total. The Balaban J connectivity index is 1.89. The fourth-order valence-corrected chi connectivity index (χ4v) is 4.82. The van der Waals surface area contributed by atoms with Crippen LogP contribution in [-0.4, -0.2) is 34.1 Å². The lowest BCUT2D eigenvalue weighted by molar-refractivity contribution is 0.189. The first-order valence-corrected chi connectivity index (χ1v) is 10.8. The van der Waals surface area contributed by atoms with E-state index in [0.717, 1.165) is 28.1 Å². The minimum Gasteiger partial charge on any atom is -0.388 e. The molecule has 1 N–H and O–H groups in total. The number of aliphatic hydroxyl groups excluding tert-OH is 1. The normalized spacial score (nSPS) is 12.6. The molecule has 0 radical (unpaired) electrons. The highest BCUT2D eigenvalue weighted by Crippen LogP contribution is 2.27. The Hall–Kier alpha value is -1.67. The molecule has 0 spiro atoms. The number of thioether (sulfide) groups is 1.